The third kappa shape index (κ3) is 4.53. The number of hydrogen-bond donors (Lipinski definition) is 3. The molecule has 146 valence electrons. The zero-order chi connectivity index (χ0) is 20.3. The average molecular weight is 399 g/mol. The Morgan fingerprint density at radius 2 is 1.86 bits per heavy atom. The molecule has 7 nitrogen and oxygen atoms in total. The molecule has 0 aliphatic rings. The van der Waals surface area contributed by atoms with E-state index in [1.807, 2.05) is 31.2 Å². The van der Waals surface area contributed by atoms with Crippen molar-refractivity contribution in [2.45, 2.75) is 31.4 Å². The maximum atomic E-state index is 12.4. The van der Waals surface area contributed by atoms with Crippen molar-refractivity contribution in [3.63, 3.8) is 0 Å². The molecule has 0 radical (unpaired) electrons. The molecule has 0 bridgehead atoms. The Hall–Kier alpha value is -2.81. The molecule has 2 aromatic carbocycles. The number of carbonyl (C=O) groups excluding carboxylic acids is 1. The summed E-state index contributed by atoms with van der Waals surface area (Å²) < 4.78 is 22.6. The quantitative estimate of drug-likeness (QED) is 0.580. The van der Waals surface area contributed by atoms with Crippen LogP contribution in [0.4, 0.5) is 0 Å². The first-order valence-electron chi connectivity index (χ1n) is 8.65. The molecule has 3 aromatic rings. The van der Waals surface area contributed by atoms with Gasteiger partial charge in [0.2, 0.25) is 15.9 Å². The van der Waals surface area contributed by atoms with Crippen LogP contribution in [-0.4, -0.2) is 24.4 Å². The van der Waals surface area contributed by atoms with E-state index in [4.69, 9.17) is 5.14 Å². The summed E-state index contributed by atoms with van der Waals surface area (Å²) in [5, 5.41) is 18.3. The van der Waals surface area contributed by atoms with Crippen LogP contribution >= 0.6 is 0 Å². The van der Waals surface area contributed by atoms with Gasteiger partial charge in [-0.25, -0.2) is 13.6 Å². The Morgan fingerprint density at radius 1 is 1.14 bits per heavy atom. The number of benzene rings is 2. The van der Waals surface area contributed by atoms with Crippen molar-refractivity contribution >= 4 is 26.8 Å². The van der Waals surface area contributed by atoms with Crippen molar-refractivity contribution in [3.8, 4) is 0 Å². The number of aryl methyl sites for hydroxylation is 1. The number of pyridine rings is 1. The van der Waals surface area contributed by atoms with Crippen molar-refractivity contribution in [1.29, 1.82) is 0 Å². The molecule has 3 rings (SSSR count). The second-order valence-corrected chi connectivity index (χ2v) is 8.10. The smallest absolute Gasteiger partial charge is 0.238 e. The van der Waals surface area contributed by atoms with Crippen LogP contribution in [0.3, 0.4) is 0 Å². The van der Waals surface area contributed by atoms with Gasteiger partial charge in [-0.15, -0.1) is 0 Å². The SMILES string of the molecule is Cc1cc(CO)c2cccc(CC(=O)NCc3ccc(S(N)(=O)=O)cc3)c2n1. The van der Waals surface area contributed by atoms with Gasteiger partial charge in [-0.2, -0.15) is 0 Å². The molecular weight excluding hydrogens is 378 g/mol. The summed E-state index contributed by atoms with van der Waals surface area (Å²) in [6.07, 6.45) is 0.147. The number of para-hydroxylation sites is 1. The number of nitrogens with zero attached hydrogens (tertiary/aromatic N) is 1. The highest BCUT2D eigenvalue weighted by molar-refractivity contribution is 7.89. The summed E-state index contributed by atoms with van der Waals surface area (Å²) in [6, 6.07) is 13.4. The maximum Gasteiger partial charge on any atom is 0.238 e. The Kier molecular flexibility index (Phi) is 5.73. The first kappa shape index (κ1) is 19.9. The zero-order valence-corrected chi connectivity index (χ0v) is 16.2. The molecule has 0 saturated carbocycles. The van der Waals surface area contributed by atoms with Crippen LogP contribution < -0.4 is 10.5 Å². The van der Waals surface area contributed by atoms with Gasteiger partial charge < -0.3 is 10.4 Å². The summed E-state index contributed by atoms with van der Waals surface area (Å²) in [6.45, 7) is 2.02. The number of hydrogen-bond acceptors (Lipinski definition) is 5. The van der Waals surface area contributed by atoms with E-state index >= 15 is 0 Å². The molecule has 0 unspecified atom stereocenters. The first-order valence-corrected chi connectivity index (χ1v) is 10.2. The topological polar surface area (TPSA) is 122 Å². The highest BCUT2D eigenvalue weighted by Gasteiger charge is 2.12. The van der Waals surface area contributed by atoms with Crippen molar-refractivity contribution in [2.75, 3.05) is 0 Å². The summed E-state index contributed by atoms with van der Waals surface area (Å²) in [7, 11) is -3.73. The molecule has 1 heterocycles. The molecule has 4 N–H and O–H groups in total. The van der Waals surface area contributed by atoms with Gasteiger partial charge in [0.05, 0.1) is 23.4 Å². The van der Waals surface area contributed by atoms with Gasteiger partial charge in [0.15, 0.2) is 0 Å². The van der Waals surface area contributed by atoms with Crippen LogP contribution in [-0.2, 0) is 34.4 Å². The summed E-state index contributed by atoms with van der Waals surface area (Å²) in [5.41, 5.74) is 3.80. The van der Waals surface area contributed by atoms with Crippen LogP contribution in [0.5, 0.6) is 0 Å². The minimum atomic E-state index is -3.73. The molecule has 1 aromatic heterocycles. The lowest BCUT2D eigenvalue weighted by molar-refractivity contribution is -0.120. The Balaban J connectivity index is 1.72. The first-order chi connectivity index (χ1) is 13.3. The lowest BCUT2D eigenvalue weighted by Gasteiger charge is -2.11. The number of aromatic nitrogens is 1. The van der Waals surface area contributed by atoms with E-state index in [0.717, 1.165) is 27.8 Å². The Labute approximate surface area is 163 Å². The molecule has 0 saturated heterocycles. The number of aliphatic hydroxyl groups is 1. The number of nitrogens with two attached hydrogens (primary N) is 1. The van der Waals surface area contributed by atoms with Crippen LogP contribution in [0, 0.1) is 6.92 Å². The monoisotopic (exact) mass is 399 g/mol. The van der Waals surface area contributed by atoms with Crippen LogP contribution in [0.1, 0.15) is 22.4 Å². The molecular formula is C20H21N3O4S. The van der Waals surface area contributed by atoms with Crippen molar-refractivity contribution in [3.05, 3.63) is 70.9 Å². The van der Waals surface area contributed by atoms with E-state index in [0.29, 0.717) is 5.52 Å². The largest absolute Gasteiger partial charge is 0.392 e. The van der Waals surface area contributed by atoms with E-state index < -0.39 is 10.0 Å². The number of primary sulfonamides is 1. The number of rotatable bonds is 6. The predicted octanol–water partition coefficient (Wildman–Crippen LogP) is 1.54. The van der Waals surface area contributed by atoms with Crippen LogP contribution in [0.2, 0.25) is 0 Å². The molecule has 8 heteroatoms. The molecule has 0 aliphatic carbocycles. The fraction of sp³-hybridized carbons (Fsp3) is 0.200. The van der Waals surface area contributed by atoms with Gasteiger partial charge in [-0.1, -0.05) is 30.3 Å². The van der Waals surface area contributed by atoms with Gasteiger partial charge in [-0.3, -0.25) is 9.78 Å². The predicted molar refractivity (Wildman–Crippen MR) is 106 cm³/mol. The van der Waals surface area contributed by atoms with Gasteiger partial charge in [0.25, 0.3) is 0 Å². The standard InChI is InChI=1S/C20H21N3O4S/c1-13-9-16(12-24)18-4-2-3-15(20(18)23-13)10-19(25)22-11-14-5-7-17(8-6-14)28(21,26)27/h2-9,24H,10-12H2,1H3,(H,22,25)(H2,21,26,27). The highest BCUT2D eigenvalue weighted by atomic mass is 32.2. The molecule has 1 amide bonds. The van der Waals surface area contributed by atoms with E-state index in [1.165, 1.54) is 12.1 Å². The van der Waals surface area contributed by atoms with E-state index in [9.17, 15) is 18.3 Å². The molecule has 0 fully saturated rings. The lowest BCUT2D eigenvalue weighted by Crippen LogP contribution is -2.24. The van der Waals surface area contributed by atoms with E-state index in [1.54, 1.807) is 12.1 Å². The summed E-state index contributed by atoms with van der Waals surface area (Å²) in [4.78, 5) is 16.9. The van der Waals surface area contributed by atoms with Gasteiger partial charge in [-0.05, 0) is 41.8 Å². The minimum absolute atomic E-state index is 0.0273. The number of aliphatic hydroxyl groups excluding tert-OH is 1. The number of amides is 1. The van der Waals surface area contributed by atoms with Crippen molar-refractivity contribution < 1.29 is 18.3 Å². The van der Waals surface area contributed by atoms with Gasteiger partial charge in [0, 0.05) is 17.6 Å². The van der Waals surface area contributed by atoms with Gasteiger partial charge >= 0.3 is 0 Å². The molecule has 28 heavy (non-hydrogen) atoms. The second-order valence-electron chi connectivity index (χ2n) is 6.54. The van der Waals surface area contributed by atoms with Crippen LogP contribution in [0.25, 0.3) is 10.9 Å². The Morgan fingerprint density at radius 3 is 2.50 bits per heavy atom. The third-order valence-corrected chi connectivity index (χ3v) is 5.33. The van der Waals surface area contributed by atoms with E-state index in [-0.39, 0.29) is 30.4 Å². The summed E-state index contributed by atoms with van der Waals surface area (Å²) in [5.74, 6) is -0.183. The number of fused-ring (bicyclic) bond motifs is 1. The molecule has 0 atom stereocenters. The Bertz CT molecular complexity index is 1130. The molecule has 0 aliphatic heterocycles. The normalized spacial score (nSPS) is 11.5. The van der Waals surface area contributed by atoms with Crippen molar-refractivity contribution in [1.82, 2.24) is 10.3 Å². The zero-order valence-electron chi connectivity index (χ0n) is 15.3. The summed E-state index contributed by atoms with van der Waals surface area (Å²) >= 11 is 0. The average Bonchev–Trinajstić information content (AvgIpc) is 2.66. The number of nitrogens with one attached hydrogen (secondary N) is 1. The highest BCUT2D eigenvalue weighted by Crippen LogP contribution is 2.22. The number of sulfonamides is 1. The fourth-order valence-electron chi connectivity index (χ4n) is 3.03. The molecule has 0 spiro atoms. The minimum Gasteiger partial charge on any atom is -0.392 e. The number of carbonyl (C=O) groups is 1. The van der Waals surface area contributed by atoms with Crippen molar-refractivity contribution in [2.24, 2.45) is 5.14 Å². The second kappa shape index (κ2) is 8.05. The lowest BCUT2D eigenvalue weighted by atomic mass is 10.0. The van der Waals surface area contributed by atoms with E-state index in [2.05, 4.69) is 10.3 Å². The fourth-order valence-corrected chi connectivity index (χ4v) is 3.54. The third-order valence-electron chi connectivity index (χ3n) is 4.40. The van der Waals surface area contributed by atoms with Crippen LogP contribution in [0.15, 0.2) is 53.4 Å². The van der Waals surface area contributed by atoms with Gasteiger partial charge in [0.1, 0.15) is 0 Å². The maximum absolute atomic E-state index is 12.4.